The van der Waals surface area contributed by atoms with Crippen LogP contribution in [0.2, 0.25) is 0 Å². The average Bonchev–Trinajstić information content (AvgIpc) is 2.11. The van der Waals surface area contributed by atoms with Crippen molar-refractivity contribution in [2.75, 3.05) is 6.54 Å². The van der Waals surface area contributed by atoms with Gasteiger partial charge < -0.3 is 5.32 Å². The van der Waals surface area contributed by atoms with E-state index in [1.807, 2.05) is 0 Å². The predicted molar refractivity (Wildman–Crippen MR) is 63.5 cm³/mol. The molecule has 1 unspecified atom stereocenters. The summed E-state index contributed by atoms with van der Waals surface area (Å²) in [5.41, 5.74) is 0. The van der Waals surface area contributed by atoms with Crippen LogP contribution in [0.3, 0.4) is 0 Å². The molecule has 0 bridgehead atoms. The van der Waals surface area contributed by atoms with Crippen LogP contribution in [0.4, 0.5) is 0 Å². The molecule has 0 amide bonds. The van der Waals surface area contributed by atoms with Crippen molar-refractivity contribution in [2.24, 2.45) is 11.8 Å². The Kier molecular flexibility index (Phi) is 5.54. The summed E-state index contributed by atoms with van der Waals surface area (Å²) in [6.07, 6.45) is 8.38. The first-order valence-corrected chi connectivity index (χ1v) is 6.49. The summed E-state index contributed by atoms with van der Waals surface area (Å²) in [7, 11) is 0. The van der Waals surface area contributed by atoms with Gasteiger partial charge in [-0.05, 0) is 37.6 Å². The molecule has 0 aliphatic heterocycles. The molecule has 1 saturated carbocycles. The summed E-state index contributed by atoms with van der Waals surface area (Å²) < 4.78 is 0. The summed E-state index contributed by atoms with van der Waals surface area (Å²) in [4.78, 5) is 0. The van der Waals surface area contributed by atoms with E-state index in [1.165, 1.54) is 45.1 Å². The minimum atomic E-state index is 0.860. The van der Waals surface area contributed by atoms with E-state index in [1.54, 1.807) is 0 Å². The monoisotopic (exact) mass is 197 g/mol. The highest BCUT2D eigenvalue weighted by Gasteiger charge is 2.17. The summed E-state index contributed by atoms with van der Waals surface area (Å²) >= 11 is 0. The smallest absolute Gasteiger partial charge is 0.00671 e. The molecule has 0 saturated heterocycles. The van der Waals surface area contributed by atoms with E-state index in [0.717, 1.165) is 17.9 Å². The molecule has 0 heterocycles. The van der Waals surface area contributed by atoms with Crippen molar-refractivity contribution in [3.63, 3.8) is 0 Å². The highest BCUT2D eigenvalue weighted by atomic mass is 14.9. The van der Waals surface area contributed by atoms with Gasteiger partial charge in [-0.15, -0.1) is 0 Å². The van der Waals surface area contributed by atoms with Crippen molar-refractivity contribution in [2.45, 2.75) is 65.3 Å². The van der Waals surface area contributed by atoms with E-state index in [2.05, 4.69) is 26.1 Å². The van der Waals surface area contributed by atoms with Crippen LogP contribution in [-0.2, 0) is 0 Å². The minimum absolute atomic E-state index is 0.860. The molecule has 0 aromatic rings. The maximum absolute atomic E-state index is 3.67. The third kappa shape index (κ3) is 4.00. The van der Waals surface area contributed by atoms with Gasteiger partial charge in [0.25, 0.3) is 0 Å². The van der Waals surface area contributed by atoms with Gasteiger partial charge in [-0.1, -0.05) is 40.0 Å². The molecule has 1 fully saturated rings. The Balaban J connectivity index is 2.04. The highest BCUT2D eigenvalue weighted by molar-refractivity contribution is 4.77. The van der Waals surface area contributed by atoms with E-state index in [-0.39, 0.29) is 0 Å². The fourth-order valence-electron chi connectivity index (χ4n) is 2.25. The largest absolute Gasteiger partial charge is 0.314 e. The lowest BCUT2D eigenvalue weighted by Crippen LogP contribution is -2.37. The molecule has 1 N–H and O–H groups in total. The standard InChI is InChI=1S/C13H27N/c1-4-12(5-2)9-11(3)10-14-13-7-6-8-13/h11-14H,4-10H2,1-3H3. The van der Waals surface area contributed by atoms with E-state index in [0.29, 0.717) is 0 Å². The summed E-state index contributed by atoms with van der Waals surface area (Å²) in [5, 5.41) is 3.67. The average molecular weight is 197 g/mol. The Morgan fingerprint density at radius 3 is 2.29 bits per heavy atom. The lowest BCUT2D eigenvalue weighted by molar-refractivity contribution is 0.295. The molecule has 1 heteroatoms. The third-order valence-corrected chi connectivity index (χ3v) is 3.75. The molecule has 84 valence electrons. The molecule has 14 heavy (non-hydrogen) atoms. The van der Waals surface area contributed by atoms with Crippen molar-refractivity contribution in [1.29, 1.82) is 0 Å². The van der Waals surface area contributed by atoms with Crippen LogP contribution in [0.1, 0.15) is 59.3 Å². The molecule has 1 rings (SSSR count). The van der Waals surface area contributed by atoms with Crippen molar-refractivity contribution >= 4 is 0 Å². The zero-order chi connectivity index (χ0) is 10.4. The Morgan fingerprint density at radius 2 is 1.86 bits per heavy atom. The van der Waals surface area contributed by atoms with E-state index in [4.69, 9.17) is 0 Å². The van der Waals surface area contributed by atoms with Crippen LogP contribution in [-0.4, -0.2) is 12.6 Å². The van der Waals surface area contributed by atoms with Gasteiger partial charge in [-0.2, -0.15) is 0 Å². The first-order chi connectivity index (χ1) is 6.76. The van der Waals surface area contributed by atoms with E-state index in [9.17, 15) is 0 Å². The van der Waals surface area contributed by atoms with Gasteiger partial charge in [0, 0.05) is 6.04 Å². The van der Waals surface area contributed by atoms with Crippen LogP contribution >= 0.6 is 0 Å². The fourth-order valence-corrected chi connectivity index (χ4v) is 2.25. The molecule has 0 aromatic carbocycles. The molecule has 1 aliphatic carbocycles. The number of rotatable bonds is 7. The molecule has 1 aliphatic rings. The Labute approximate surface area is 89.7 Å². The number of hydrogen-bond acceptors (Lipinski definition) is 1. The van der Waals surface area contributed by atoms with Crippen LogP contribution in [0.25, 0.3) is 0 Å². The van der Waals surface area contributed by atoms with Gasteiger partial charge in [0.05, 0.1) is 0 Å². The number of nitrogens with one attached hydrogen (secondary N) is 1. The van der Waals surface area contributed by atoms with Gasteiger partial charge >= 0.3 is 0 Å². The van der Waals surface area contributed by atoms with Gasteiger partial charge in [-0.3, -0.25) is 0 Å². The molecular formula is C13H27N. The fraction of sp³-hybridized carbons (Fsp3) is 1.00. The van der Waals surface area contributed by atoms with E-state index >= 15 is 0 Å². The van der Waals surface area contributed by atoms with Crippen LogP contribution < -0.4 is 5.32 Å². The van der Waals surface area contributed by atoms with E-state index < -0.39 is 0 Å². The lowest BCUT2D eigenvalue weighted by atomic mass is 9.89. The topological polar surface area (TPSA) is 12.0 Å². The van der Waals surface area contributed by atoms with Gasteiger partial charge in [0.2, 0.25) is 0 Å². The summed E-state index contributed by atoms with van der Waals surface area (Å²) in [6.45, 7) is 8.27. The van der Waals surface area contributed by atoms with Gasteiger partial charge in [0.1, 0.15) is 0 Å². The van der Waals surface area contributed by atoms with Crippen molar-refractivity contribution in [1.82, 2.24) is 5.32 Å². The molecule has 1 nitrogen and oxygen atoms in total. The summed E-state index contributed by atoms with van der Waals surface area (Å²) in [6, 6.07) is 0.860. The third-order valence-electron chi connectivity index (χ3n) is 3.75. The van der Waals surface area contributed by atoms with Crippen LogP contribution in [0.15, 0.2) is 0 Å². The lowest BCUT2D eigenvalue weighted by Gasteiger charge is -2.28. The second-order valence-corrected chi connectivity index (χ2v) is 5.06. The maximum atomic E-state index is 3.67. The minimum Gasteiger partial charge on any atom is -0.314 e. The van der Waals surface area contributed by atoms with Gasteiger partial charge in [0.15, 0.2) is 0 Å². The van der Waals surface area contributed by atoms with Crippen LogP contribution in [0.5, 0.6) is 0 Å². The normalized spacial score (nSPS) is 19.7. The molecule has 0 radical (unpaired) electrons. The van der Waals surface area contributed by atoms with Crippen molar-refractivity contribution in [3.05, 3.63) is 0 Å². The molecule has 0 spiro atoms. The number of hydrogen-bond donors (Lipinski definition) is 1. The molecule has 1 atom stereocenters. The molecule has 0 aromatic heterocycles. The Morgan fingerprint density at radius 1 is 1.21 bits per heavy atom. The highest BCUT2D eigenvalue weighted by Crippen LogP contribution is 2.21. The second kappa shape index (κ2) is 6.44. The first kappa shape index (κ1) is 12.0. The molecular weight excluding hydrogens is 170 g/mol. The predicted octanol–water partition coefficient (Wildman–Crippen LogP) is 3.59. The zero-order valence-corrected chi connectivity index (χ0v) is 10.2. The maximum Gasteiger partial charge on any atom is 0.00671 e. The SMILES string of the molecule is CCC(CC)CC(C)CNC1CCC1. The quantitative estimate of drug-likeness (QED) is 0.657. The summed E-state index contributed by atoms with van der Waals surface area (Å²) in [5.74, 6) is 1.81. The first-order valence-electron chi connectivity index (χ1n) is 6.49. The second-order valence-electron chi connectivity index (χ2n) is 5.06. The Bertz CT molecular complexity index is 136. The van der Waals surface area contributed by atoms with Gasteiger partial charge in [-0.25, -0.2) is 0 Å². The van der Waals surface area contributed by atoms with Crippen LogP contribution in [0, 0.1) is 11.8 Å². The Hall–Kier alpha value is -0.0400. The van der Waals surface area contributed by atoms with Crippen molar-refractivity contribution in [3.8, 4) is 0 Å². The van der Waals surface area contributed by atoms with Crippen molar-refractivity contribution < 1.29 is 0 Å². The zero-order valence-electron chi connectivity index (χ0n) is 10.2.